The zero-order chi connectivity index (χ0) is 10.1. The number of hydrogen-bond donors (Lipinski definition) is 1. The van der Waals surface area contributed by atoms with Gasteiger partial charge in [0.1, 0.15) is 6.10 Å². The van der Waals surface area contributed by atoms with Crippen molar-refractivity contribution in [2.24, 2.45) is 0 Å². The second kappa shape index (κ2) is 3.92. The fraction of sp³-hybridized carbons (Fsp3) is 1.00. The first kappa shape index (κ1) is 10.9. The predicted octanol–water partition coefficient (Wildman–Crippen LogP) is 0.534. The Morgan fingerprint density at radius 3 is 2.54 bits per heavy atom. The van der Waals surface area contributed by atoms with E-state index >= 15 is 0 Å². The average Bonchev–Trinajstić information content (AvgIpc) is 2.13. The van der Waals surface area contributed by atoms with E-state index < -0.39 is 11.7 Å². The predicted molar refractivity (Wildman–Crippen MR) is 47.4 cm³/mol. The first-order valence-corrected chi connectivity index (χ1v) is 4.45. The van der Waals surface area contributed by atoms with Crippen molar-refractivity contribution in [2.75, 3.05) is 14.2 Å². The van der Waals surface area contributed by atoms with Crippen molar-refractivity contribution >= 4 is 0 Å². The minimum Gasteiger partial charge on any atom is -0.387 e. The number of ether oxygens (including phenoxy) is 3. The fourth-order valence-electron chi connectivity index (χ4n) is 1.65. The summed E-state index contributed by atoms with van der Waals surface area (Å²) >= 11 is 0. The molecule has 4 heteroatoms. The van der Waals surface area contributed by atoms with Crippen LogP contribution < -0.4 is 0 Å². The molecule has 0 amide bonds. The molecule has 78 valence electrons. The number of rotatable bonds is 2. The van der Waals surface area contributed by atoms with Gasteiger partial charge in [0.25, 0.3) is 0 Å². The molecule has 0 aromatic heterocycles. The van der Waals surface area contributed by atoms with E-state index in [9.17, 15) is 5.11 Å². The van der Waals surface area contributed by atoms with E-state index in [4.69, 9.17) is 14.2 Å². The van der Waals surface area contributed by atoms with Gasteiger partial charge in [-0.1, -0.05) is 0 Å². The quantitative estimate of drug-likeness (QED) is 0.690. The molecule has 4 atom stereocenters. The Morgan fingerprint density at radius 2 is 2.08 bits per heavy atom. The van der Waals surface area contributed by atoms with Gasteiger partial charge in [0, 0.05) is 20.6 Å². The normalized spacial score (nSPS) is 46.4. The number of aliphatic hydroxyl groups excluding tert-OH is 1. The van der Waals surface area contributed by atoms with Gasteiger partial charge in [0.05, 0.1) is 11.7 Å². The Bertz CT molecular complexity index is 173. The fourth-order valence-corrected chi connectivity index (χ4v) is 1.65. The summed E-state index contributed by atoms with van der Waals surface area (Å²) in [5, 5.41) is 9.80. The van der Waals surface area contributed by atoms with Gasteiger partial charge >= 0.3 is 0 Å². The van der Waals surface area contributed by atoms with Gasteiger partial charge in [-0.05, 0) is 13.8 Å². The Morgan fingerprint density at radius 1 is 1.46 bits per heavy atom. The molecule has 0 aromatic rings. The van der Waals surface area contributed by atoms with Crippen LogP contribution in [-0.2, 0) is 14.2 Å². The Balaban J connectivity index is 2.71. The molecule has 0 aliphatic carbocycles. The van der Waals surface area contributed by atoms with Crippen molar-refractivity contribution < 1.29 is 19.3 Å². The van der Waals surface area contributed by atoms with Crippen molar-refractivity contribution in [3.8, 4) is 0 Å². The van der Waals surface area contributed by atoms with E-state index in [1.54, 1.807) is 14.2 Å². The number of hydrogen-bond acceptors (Lipinski definition) is 4. The van der Waals surface area contributed by atoms with Gasteiger partial charge < -0.3 is 19.3 Å². The summed E-state index contributed by atoms with van der Waals surface area (Å²) in [6.45, 7) is 3.68. The van der Waals surface area contributed by atoms with Crippen LogP contribution in [0.1, 0.15) is 20.3 Å². The average molecular weight is 190 g/mol. The Labute approximate surface area is 78.8 Å². The maximum absolute atomic E-state index is 9.80. The van der Waals surface area contributed by atoms with Crippen LogP contribution >= 0.6 is 0 Å². The van der Waals surface area contributed by atoms with Crippen LogP contribution in [0, 0.1) is 0 Å². The summed E-state index contributed by atoms with van der Waals surface area (Å²) in [6.07, 6.45) is -0.609. The van der Waals surface area contributed by atoms with E-state index in [0.717, 1.165) is 0 Å². The molecular weight excluding hydrogens is 172 g/mol. The summed E-state index contributed by atoms with van der Waals surface area (Å²) in [7, 11) is 3.18. The molecule has 0 bridgehead atoms. The maximum atomic E-state index is 9.80. The summed E-state index contributed by atoms with van der Waals surface area (Å²) < 4.78 is 15.8. The summed E-state index contributed by atoms with van der Waals surface area (Å²) in [5.74, 6) is 0. The highest BCUT2D eigenvalue weighted by atomic mass is 16.7. The molecule has 1 aliphatic rings. The van der Waals surface area contributed by atoms with E-state index in [1.165, 1.54) is 0 Å². The highest BCUT2D eigenvalue weighted by Gasteiger charge is 2.44. The molecule has 1 saturated heterocycles. The van der Waals surface area contributed by atoms with Crippen LogP contribution in [0.5, 0.6) is 0 Å². The summed E-state index contributed by atoms with van der Waals surface area (Å²) in [4.78, 5) is 0. The summed E-state index contributed by atoms with van der Waals surface area (Å²) in [6, 6.07) is 0. The lowest BCUT2D eigenvalue weighted by atomic mass is 9.88. The van der Waals surface area contributed by atoms with E-state index in [2.05, 4.69) is 0 Å². The first-order valence-electron chi connectivity index (χ1n) is 4.45. The molecular formula is C9H18O4. The molecule has 1 N–H and O–H groups in total. The van der Waals surface area contributed by atoms with Crippen LogP contribution in [0.2, 0.25) is 0 Å². The Kier molecular flexibility index (Phi) is 3.29. The van der Waals surface area contributed by atoms with Gasteiger partial charge in [-0.3, -0.25) is 0 Å². The zero-order valence-electron chi connectivity index (χ0n) is 8.61. The number of aliphatic hydroxyl groups is 1. The lowest BCUT2D eigenvalue weighted by Crippen LogP contribution is -2.56. The molecule has 0 saturated carbocycles. The zero-order valence-corrected chi connectivity index (χ0v) is 8.61. The largest absolute Gasteiger partial charge is 0.387 e. The molecule has 1 aliphatic heterocycles. The van der Waals surface area contributed by atoms with E-state index in [-0.39, 0.29) is 12.4 Å². The third-order valence-corrected chi connectivity index (χ3v) is 2.74. The van der Waals surface area contributed by atoms with E-state index in [0.29, 0.717) is 6.42 Å². The maximum Gasteiger partial charge on any atom is 0.160 e. The van der Waals surface area contributed by atoms with Crippen LogP contribution in [0.4, 0.5) is 0 Å². The monoisotopic (exact) mass is 190 g/mol. The molecule has 13 heavy (non-hydrogen) atoms. The molecule has 0 radical (unpaired) electrons. The van der Waals surface area contributed by atoms with Gasteiger partial charge in [-0.25, -0.2) is 0 Å². The lowest BCUT2D eigenvalue weighted by molar-refractivity contribution is -0.271. The van der Waals surface area contributed by atoms with E-state index in [1.807, 2.05) is 13.8 Å². The van der Waals surface area contributed by atoms with Crippen LogP contribution in [0.25, 0.3) is 0 Å². The second-order valence-electron chi connectivity index (χ2n) is 3.67. The van der Waals surface area contributed by atoms with Crippen LogP contribution in [0.15, 0.2) is 0 Å². The molecule has 0 aromatic carbocycles. The first-order chi connectivity index (χ1) is 6.03. The van der Waals surface area contributed by atoms with Crippen LogP contribution in [-0.4, -0.2) is 43.4 Å². The van der Waals surface area contributed by atoms with Crippen molar-refractivity contribution in [2.45, 2.75) is 44.4 Å². The SMILES string of the molecule is CO[C@@H]1C[C@](C)(OC)[C@@H](O)[C@@H](C)O1. The minimum absolute atomic E-state index is 0.261. The number of methoxy groups -OCH3 is 2. The molecule has 1 rings (SSSR count). The molecule has 0 unspecified atom stereocenters. The molecule has 0 spiro atoms. The highest BCUT2D eigenvalue weighted by Crippen LogP contribution is 2.31. The second-order valence-corrected chi connectivity index (χ2v) is 3.67. The third-order valence-electron chi connectivity index (χ3n) is 2.74. The van der Waals surface area contributed by atoms with Gasteiger partial charge in [0.15, 0.2) is 6.29 Å². The highest BCUT2D eigenvalue weighted by molar-refractivity contribution is 4.92. The van der Waals surface area contributed by atoms with Crippen molar-refractivity contribution in [1.82, 2.24) is 0 Å². The standard InChI is InChI=1S/C9H18O4/c1-6-8(10)9(2,12-4)5-7(11-3)13-6/h6-8,10H,5H2,1-4H3/t6-,7+,8+,9+/m1/s1. The Hall–Kier alpha value is -0.160. The minimum atomic E-state index is -0.608. The van der Waals surface area contributed by atoms with Gasteiger partial charge in [-0.2, -0.15) is 0 Å². The smallest absolute Gasteiger partial charge is 0.160 e. The van der Waals surface area contributed by atoms with Crippen molar-refractivity contribution in [1.29, 1.82) is 0 Å². The molecule has 1 heterocycles. The molecule has 1 fully saturated rings. The lowest BCUT2D eigenvalue weighted by Gasteiger charge is -2.43. The third kappa shape index (κ3) is 2.02. The van der Waals surface area contributed by atoms with Crippen molar-refractivity contribution in [3.05, 3.63) is 0 Å². The molecule has 4 nitrogen and oxygen atoms in total. The van der Waals surface area contributed by atoms with Gasteiger partial charge in [-0.15, -0.1) is 0 Å². The topological polar surface area (TPSA) is 47.9 Å². The van der Waals surface area contributed by atoms with Crippen molar-refractivity contribution in [3.63, 3.8) is 0 Å². The van der Waals surface area contributed by atoms with Gasteiger partial charge in [0.2, 0.25) is 0 Å². The van der Waals surface area contributed by atoms with Crippen LogP contribution in [0.3, 0.4) is 0 Å². The summed E-state index contributed by atoms with van der Waals surface area (Å²) in [5.41, 5.74) is -0.571.